The Morgan fingerprint density at radius 1 is 1.18 bits per heavy atom. The van der Waals surface area contributed by atoms with Crippen molar-refractivity contribution < 1.29 is 36.6 Å². The van der Waals surface area contributed by atoms with Crippen molar-refractivity contribution in [2.75, 3.05) is 25.2 Å². The SMILES string of the molecule is CCOC(=O)C1=CCN2C(=O)N(Cc3ccc(OC)cc3)c3ccc(Cl)c(F)c3C12C(F)(F)F. The van der Waals surface area contributed by atoms with Crippen molar-refractivity contribution in [3.8, 4) is 5.75 Å². The molecule has 0 spiro atoms. The summed E-state index contributed by atoms with van der Waals surface area (Å²) in [4.78, 5) is 27.5. The van der Waals surface area contributed by atoms with Crippen LogP contribution in [0.1, 0.15) is 18.1 Å². The molecular weight excluding hydrogens is 480 g/mol. The van der Waals surface area contributed by atoms with E-state index in [-0.39, 0.29) is 18.8 Å². The van der Waals surface area contributed by atoms with E-state index < -0.39 is 52.2 Å². The fraction of sp³-hybridized carbons (Fsp3) is 0.304. The third-order valence-corrected chi connectivity index (χ3v) is 6.16. The zero-order chi connectivity index (χ0) is 24.8. The Balaban J connectivity index is 1.95. The zero-order valence-corrected chi connectivity index (χ0v) is 18.8. The lowest BCUT2D eigenvalue weighted by Crippen LogP contribution is -2.64. The Labute approximate surface area is 197 Å². The van der Waals surface area contributed by atoms with Gasteiger partial charge in [0.1, 0.15) is 11.6 Å². The van der Waals surface area contributed by atoms with E-state index >= 15 is 4.39 Å². The fourth-order valence-corrected chi connectivity index (χ4v) is 4.57. The van der Waals surface area contributed by atoms with E-state index in [9.17, 15) is 22.8 Å². The molecular formula is C23H19ClF4N2O4. The first kappa shape index (κ1) is 23.9. The lowest BCUT2D eigenvalue weighted by Gasteiger charge is -2.48. The average molecular weight is 499 g/mol. The molecule has 6 nitrogen and oxygen atoms in total. The molecule has 0 aromatic heterocycles. The van der Waals surface area contributed by atoms with Gasteiger partial charge in [-0.3, -0.25) is 9.80 Å². The van der Waals surface area contributed by atoms with Gasteiger partial charge in [-0.15, -0.1) is 0 Å². The summed E-state index contributed by atoms with van der Waals surface area (Å²) >= 11 is 5.90. The number of fused-ring (bicyclic) bond motifs is 3. The molecule has 2 amide bonds. The maximum absolute atomic E-state index is 15.5. The molecule has 0 saturated carbocycles. The van der Waals surface area contributed by atoms with E-state index in [0.29, 0.717) is 16.2 Å². The number of amides is 2. The molecule has 34 heavy (non-hydrogen) atoms. The van der Waals surface area contributed by atoms with Crippen molar-refractivity contribution in [3.63, 3.8) is 0 Å². The van der Waals surface area contributed by atoms with Crippen LogP contribution in [-0.2, 0) is 21.6 Å². The number of hydrogen-bond acceptors (Lipinski definition) is 4. The molecule has 0 N–H and O–H groups in total. The highest BCUT2D eigenvalue weighted by molar-refractivity contribution is 6.31. The van der Waals surface area contributed by atoms with Gasteiger partial charge in [-0.25, -0.2) is 14.0 Å². The van der Waals surface area contributed by atoms with Gasteiger partial charge < -0.3 is 9.47 Å². The van der Waals surface area contributed by atoms with Gasteiger partial charge in [-0.2, -0.15) is 13.2 Å². The summed E-state index contributed by atoms with van der Waals surface area (Å²) in [7, 11) is 1.48. The molecule has 1 atom stereocenters. The highest BCUT2D eigenvalue weighted by Gasteiger charge is 2.71. The molecule has 0 saturated heterocycles. The maximum atomic E-state index is 15.5. The number of benzene rings is 2. The predicted molar refractivity (Wildman–Crippen MR) is 115 cm³/mol. The molecule has 0 aliphatic carbocycles. The zero-order valence-electron chi connectivity index (χ0n) is 18.1. The molecule has 0 bridgehead atoms. The Hall–Kier alpha value is -3.27. The van der Waals surface area contributed by atoms with Crippen LogP contribution in [-0.4, -0.2) is 43.3 Å². The summed E-state index contributed by atoms with van der Waals surface area (Å²) < 4.78 is 70.0. The van der Waals surface area contributed by atoms with Crippen molar-refractivity contribution >= 4 is 29.3 Å². The number of alkyl halides is 3. The van der Waals surface area contributed by atoms with Crippen molar-refractivity contribution in [1.29, 1.82) is 0 Å². The van der Waals surface area contributed by atoms with Gasteiger partial charge in [0, 0.05) is 6.54 Å². The number of ether oxygens (including phenoxy) is 2. The first-order valence-corrected chi connectivity index (χ1v) is 10.6. The van der Waals surface area contributed by atoms with Crippen LogP contribution in [0.15, 0.2) is 48.0 Å². The van der Waals surface area contributed by atoms with Crippen LogP contribution in [0.3, 0.4) is 0 Å². The third kappa shape index (κ3) is 3.39. The Morgan fingerprint density at radius 2 is 1.85 bits per heavy atom. The molecule has 11 heteroatoms. The maximum Gasteiger partial charge on any atom is 0.420 e. The minimum atomic E-state index is -5.26. The summed E-state index contributed by atoms with van der Waals surface area (Å²) in [6, 6.07) is 7.71. The monoisotopic (exact) mass is 498 g/mol. The van der Waals surface area contributed by atoms with Crippen LogP contribution in [0.25, 0.3) is 0 Å². The number of halogens is 5. The second kappa shape index (κ2) is 8.50. The Morgan fingerprint density at radius 3 is 2.44 bits per heavy atom. The van der Waals surface area contributed by atoms with E-state index in [0.717, 1.165) is 23.1 Å². The number of hydrogen-bond donors (Lipinski definition) is 0. The predicted octanol–water partition coefficient (Wildman–Crippen LogP) is 5.19. The second-order valence-electron chi connectivity index (χ2n) is 7.63. The Bertz CT molecular complexity index is 1180. The van der Waals surface area contributed by atoms with E-state index in [2.05, 4.69) is 0 Å². The minimum Gasteiger partial charge on any atom is -0.497 e. The first-order valence-electron chi connectivity index (χ1n) is 10.2. The summed E-state index contributed by atoms with van der Waals surface area (Å²) in [5, 5.41) is -0.573. The fourth-order valence-electron chi connectivity index (χ4n) is 4.42. The number of carbonyl (C=O) groups is 2. The van der Waals surface area contributed by atoms with Crippen LogP contribution in [0.2, 0.25) is 5.02 Å². The number of urea groups is 1. The molecule has 2 heterocycles. The molecule has 2 aliphatic heterocycles. The van der Waals surface area contributed by atoms with Gasteiger partial charge >= 0.3 is 18.2 Å². The number of anilines is 1. The van der Waals surface area contributed by atoms with Gasteiger partial charge in [-0.05, 0) is 36.8 Å². The standard InChI is InChI=1S/C23H19ClF4N2O4/c1-3-34-20(31)15-10-11-30-21(32)29(12-13-4-6-14(33-2)7-5-13)17-9-8-16(24)19(25)18(17)22(15,30)23(26,27)28/h4-10H,3,11-12H2,1-2H3. The lowest BCUT2D eigenvalue weighted by atomic mass is 9.79. The van der Waals surface area contributed by atoms with Crippen LogP contribution in [0.4, 0.5) is 28.0 Å². The van der Waals surface area contributed by atoms with Crippen molar-refractivity contribution in [3.05, 3.63) is 70.0 Å². The molecule has 2 aromatic carbocycles. The van der Waals surface area contributed by atoms with Gasteiger partial charge in [0.2, 0.25) is 5.54 Å². The molecule has 180 valence electrons. The topological polar surface area (TPSA) is 59.1 Å². The largest absolute Gasteiger partial charge is 0.497 e. The number of nitrogens with zero attached hydrogens (tertiary/aromatic N) is 2. The summed E-state index contributed by atoms with van der Waals surface area (Å²) in [6.45, 7) is 0.499. The highest BCUT2D eigenvalue weighted by Crippen LogP contribution is 2.58. The molecule has 2 aromatic rings. The quantitative estimate of drug-likeness (QED) is 0.420. The van der Waals surface area contributed by atoms with Crippen LogP contribution in [0, 0.1) is 5.82 Å². The average Bonchev–Trinajstić information content (AvgIpc) is 3.21. The molecule has 0 radical (unpaired) electrons. The van der Waals surface area contributed by atoms with E-state index in [1.54, 1.807) is 24.3 Å². The minimum absolute atomic E-state index is 0.157. The second-order valence-corrected chi connectivity index (χ2v) is 8.04. The Kier molecular flexibility index (Phi) is 5.97. The van der Waals surface area contributed by atoms with E-state index in [1.807, 2.05) is 0 Å². The van der Waals surface area contributed by atoms with Gasteiger partial charge in [0.15, 0.2) is 0 Å². The molecule has 4 rings (SSSR count). The van der Waals surface area contributed by atoms with Crippen molar-refractivity contribution in [2.24, 2.45) is 0 Å². The highest BCUT2D eigenvalue weighted by atomic mass is 35.5. The van der Waals surface area contributed by atoms with Crippen molar-refractivity contribution in [2.45, 2.75) is 25.2 Å². The lowest BCUT2D eigenvalue weighted by molar-refractivity contribution is -0.213. The first-order chi connectivity index (χ1) is 16.1. The molecule has 2 aliphatic rings. The normalized spacial score (nSPS) is 19.5. The summed E-state index contributed by atoms with van der Waals surface area (Å²) in [6.07, 6.45) is -4.31. The van der Waals surface area contributed by atoms with Gasteiger partial charge in [-0.1, -0.05) is 29.8 Å². The third-order valence-electron chi connectivity index (χ3n) is 5.87. The summed E-state index contributed by atoms with van der Waals surface area (Å²) in [5.74, 6) is -2.11. The summed E-state index contributed by atoms with van der Waals surface area (Å²) in [5.41, 5.74) is -4.95. The smallest absolute Gasteiger partial charge is 0.420 e. The van der Waals surface area contributed by atoms with Crippen LogP contribution < -0.4 is 9.64 Å². The molecule has 0 fully saturated rings. The van der Waals surface area contributed by atoms with Crippen LogP contribution in [0.5, 0.6) is 5.75 Å². The van der Waals surface area contributed by atoms with Gasteiger partial charge in [0.05, 0.1) is 42.1 Å². The number of methoxy groups -OCH3 is 1. The van der Waals surface area contributed by atoms with Gasteiger partial charge in [0.25, 0.3) is 0 Å². The number of carbonyl (C=O) groups excluding carboxylic acids is 2. The van der Waals surface area contributed by atoms with Crippen LogP contribution >= 0.6 is 11.6 Å². The molecule has 1 unspecified atom stereocenters. The number of esters is 1. The van der Waals surface area contributed by atoms with E-state index in [4.69, 9.17) is 21.1 Å². The van der Waals surface area contributed by atoms with Crippen molar-refractivity contribution in [1.82, 2.24) is 4.90 Å². The number of rotatable bonds is 5. The van der Waals surface area contributed by atoms with E-state index in [1.165, 1.54) is 14.0 Å².